The molecule has 0 fully saturated rings. The van der Waals surface area contributed by atoms with E-state index in [4.69, 9.17) is 4.74 Å². The average Bonchev–Trinajstić information content (AvgIpc) is 2.44. The lowest BCUT2D eigenvalue weighted by Gasteiger charge is -2.16. The van der Waals surface area contributed by atoms with Gasteiger partial charge in [-0.05, 0) is 30.7 Å². The molecule has 1 atom stereocenters. The zero-order chi connectivity index (χ0) is 14.5. The second-order valence-corrected chi connectivity index (χ2v) is 5.42. The Labute approximate surface area is 120 Å². The molecule has 0 saturated heterocycles. The van der Waals surface area contributed by atoms with Crippen molar-refractivity contribution in [2.24, 2.45) is 5.92 Å². The maximum atomic E-state index is 11.8. The molecule has 0 bridgehead atoms. The summed E-state index contributed by atoms with van der Waals surface area (Å²) in [5.74, 6) is 1.28. The lowest BCUT2D eigenvalue weighted by Crippen LogP contribution is -2.10. The fraction of sp³-hybridized carbons (Fsp3) is 0.389. The van der Waals surface area contributed by atoms with Gasteiger partial charge in [0, 0.05) is 5.39 Å². The van der Waals surface area contributed by atoms with Crippen LogP contribution in [0.5, 0.6) is 5.75 Å². The van der Waals surface area contributed by atoms with Gasteiger partial charge in [0.25, 0.3) is 0 Å². The molecule has 0 spiro atoms. The third-order valence-corrected chi connectivity index (χ3v) is 3.55. The van der Waals surface area contributed by atoms with E-state index in [9.17, 15) is 4.79 Å². The van der Waals surface area contributed by atoms with Gasteiger partial charge in [-0.25, -0.2) is 0 Å². The van der Waals surface area contributed by atoms with Crippen molar-refractivity contribution in [1.82, 2.24) is 0 Å². The van der Waals surface area contributed by atoms with Crippen LogP contribution in [0, 0.1) is 5.92 Å². The molecule has 0 aliphatic carbocycles. The van der Waals surface area contributed by atoms with Crippen molar-refractivity contribution in [1.29, 1.82) is 0 Å². The molecule has 0 N–H and O–H groups in total. The van der Waals surface area contributed by atoms with E-state index in [2.05, 4.69) is 13.8 Å². The number of hydrogen-bond acceptors (Lipinski definition) is 2. The highest BCUT2D eigenvalue weighted by Gasteiger charge is 2.13. The van der Waals surface area contributed by atoms with Crippen LogP contribution in [0.4, 0.5) is 0 Å². The smallest absolute Gasteiger partial charge is 0.163 e. The zero-order valence-electron chi connectivity index (χ0n) is 12.5. The van der Waals surface area contributed by atoms with Crippen LogP contribution in [0.3, 0.4) is 0 Å². The molecule has 20 heavy (non-hydrogen) atoms. The van der Waals surface area contributed by atoms with Crippen LogP contribution < -0.4 is 4.74 Å². The lowest BCUT2D eigenvalue weighted by molar-refractivity contribution is 0.101. The Morgan fingerprint density at radius 2 is 1.95 bits per heavy atom. The molecular formula is C18H22O2. The van der Waals surface area contributed by atoms with Crippen molar-refractivity contribution >= 4 is 16.6 Å². The predicted molar refractivity (Wildman–Crippen MR) is 83.5 cm³/mol. The normalized spacial score (nSPS) is 12.3. The number of carbonyl (C=O) groups excluding carboxylic acids is 1. The predicted octanol–water partition coefficient (Wildman–Crippen LogP) is 4.86. The van der Waals surface area contributed by atoms with Crippen LogP contribution in [0.2, 0.25) is 0 Å². The first kappa shape index (κ1) is 14.6. The average molecular weight is 270 g/mol. The van der Waals surface area contributed by atoms with Crippen LogP contribution in [0.15, 0.2) is 36.4 Å². The summed E-state index contributed by atoms with van der Waals surface area (Å²) < 4.78 is 6.01. The highest BCUT2D eigenvalue weighted by atomic mass is 16.5. The fourth-order valence-corrected chi connectivity index (χ4v) is 2.48. The van der Waals surface area contributed by atoms with E-state index < -0.39 is 0 Å². The number of rotatable bonds is 6. The van der Waals surface area contributed by atoms with Crippen LogP contribution >= 0.6 is 0 Å². The second-order valence-electron chi connectivity index (χ2n) is 5.42. The van der Waals surface area contributed by atoms with E-state index in [1.54, 1.807) is 6.92 Å². The van der Waals surface area contributed by atoms with Crippen LogP contribution in [-0.2, 0) is 0 Å². The molecule has 2 aromatic carbocycles. The van der Waals surface area contributed by atoms with Gasteiger partial charge >= 0.3 is 0 Å². The molecule has 106 valence electrons. The quantitative estimate of drug-likeness (QED) is 0.701. The molecule has 0 aliphatic heterocycles. The van der Waals surface area contributed by atoms with Crippen molar-refractivity contribution in [3.8, 4) is 5.75 Å². The zero-order valence-corrected chi connectivity index (χ0v) is 12.5. The van der Waals surface area contributed by atoms with E-state index >= 15 is 0 Å². The molecule has 2 aromatic rings. The summed E-state index contributed by atoms with van der Waals surface area (Å²) in [6.45, 7) is 6.60. The molecule has 0 aliphatic rings. The summed E-state index contributed by atoms with van der Waals surface area (Å²) in [6.07, 6.45) is 2.29. The van der Waals surface area contributed by atoms with Crippen molar-refractivity contribution < 1.29 is 9.53 Å². The van der Waals surface area contributed by atoms with Crippen molar-refractivity contribution in [2.45, 2.75) is 33.6 Å². The topological polar surface area (TPSA) is 26.3 Å². The number of fused-ring (bicyclic) bond motifs is 1. The van der Waals surface area contributed by atoms with E-state index in [-0.39, 0.29) is 5.78 Å². The van der Waals surface area contributed by atoms with Crippen LogP contribution in [-0.4, -0.2) is 12.4 Å². The SMILES string of the molecule is CCCC(C)COc1c(C(C)=O)ccc2ccccc12. The highest BCUT2D eigenvalue weighted by molar-refractivity contribution is 6.03. The van der Waals surface area contributed by atoms with Gasteiger partial charge in [-0.15, -0.1) is 0 Å². The first-order valence-corrected chi connectivity index (χ1v) is 7.29. The van der Waals surface area contributed by atoms with Gasteiger partial charge < -0.3 is 4.74 Å². The Morgan fingerprint density at radius 3 is 2.65 bits per heavy atom. The molecule has 2 heteroatoms. The van der Waals surface area contributed by atoms with Gasteiger partial charge in [0.2, 0.25) is 0 Å². The number of ketones is 1. The third-order valence-electron chi connectivity index (χ3n) is 3.55. The van der Waals surface area contributed by atoms with E-state index in [1.807, 2.05) is 36.4 Å². The molecule has 1 unspecified atom stereocenters. The van der Waals surface area contributed by atoms with Crippen molar-refractivity contribution in [3.63, 3.8) is 0 Å². The minimum atomic E-state index is 0.0499. The van der Waals surface area contributed by atoms with Gasteiger partial charge in [0.15, 0.2) is 5.78 Å². The third kappa shape index (κ3) is 3.19. The first-order valence-electron chi connectivity index (χ1n) is 7.29. The van der Waals surface area contributed by atoms with E-state index in [1.165, 1.54) is 0 Å². The summed E-state index contributed by atoms with van der Waals surface area (Å²) in [6, 6.07) is 11.9. The number of ether oxygens (including phenoxy) is 1. The number of carbonyl (C=O) groups is 1. The van der Waals surface area contributed by atoms with Crippen molar-refractivity contribution in [3.05, 3.63) is 42.0 Å². The minimum Gasteiger partial charge on any atom is -0.492 e. The maximum Gasteiger partial charge on any atom is 0.163 e. The molecule has 0 amide bonds. The number of Topliss-reactive ketones (excluding diaryl/α,β-unsaturated/α-hetero) is 1. The Balaban J connectivity index is 2.37. The first-order chi connectivity index (χ1) is 9.63. The Hall–Kier alpha value is -1.83. The molecule has 0 heterocycles. The number of hydrogen-bond donors (Lipinski definition) is 0. The van der Waals surface area contributed by atoms with Gasteiger partial charge in [0.05, 0.1) is 12.2 Å². The molecule has 0 saturated carbocycles. The summed E-state index contributed by atoms with van der Waals surface area (Å²) in [5, 5.41) is 2.12. The van der Waals surface area contributed by atoms with Gasteiger partial charge in [-0.3, -0.25) is 4.79 Å². The lowest BCUT2D eigenvalue weighted by atomic mass is 10.0. The Bertz CT molecular complexity index is 601. The van der Waals surface area contributed by atoms with Gasteiger partial charge in [-0.1, -0.05) is 50.6 Å². The summed E-state index contributed by atoms with van der Waals surface area (Å²) in [5.41, 5.74) is 0.674. The second kappa shape index (κ2) is 6.56. The van der Waals surface area contributed by atoms with Crippen LogP contribution in [0.1, 0.15) is 44.0 Å². The van der Waals surface area contributed by atoms with Crippen LogP contribution in [0.25, 0.3) is 10.8 Å². The Kier molecular flexibility index (Phi) is 4.78. The van der Waals surface area contributed by atoms with E-state index in [0.717, 1.165) is 29.4 Å². The standard InChI is InChI=1S/C18H22O2/c1-4-7-13(2)12-20-18-16(14(3)19)11-10-15-8-5-6-9-17(15)18/h5-6,8-11,13H,4,7,12H2,1-3H3. The minimum absolute atomic E-state index is 0.0499. The molecule has 2 nitrogen and oxygen atoms in total. The Morgan fingerprint density at radius 1 is 1.20 bits per heavy atom. The monoisotopic (exact) mass is 270 g/mol. The fourth-order valence-electron chi connectivity index (χ4n) is 2.48. The largest absolute Gasteiger partial charge is 0.492 e. The van der Waals surface area contributed by atoms with E-state index in [0.29, 0.717) is 18.1 Å². The maximum absolute atomic E-state index is 11.8. The summed E-state index contributed by atoms with van der Waals surface area (Å²) in [7, 11) is 0. The summed E-state index contributed by atoms with van der Waals surface area (Å²) in [4.78, 5) is 11.8. The highest BCUT2D eigenvalue weighted by Crippen LogP contribution is 2.30. The number of benzene rings is 2. The summed E-state index contributed by atoms with van der Waals surface area (Å²) >= 11 is 0. The van der Waals surface area contributed by atoms with Crippen molar-refractivity contribution in [2.75, 3.05) is 6.61 Å². The van der Waals surface area contributed by atoms with Gasteiger partial charge in [0.1, 0.15) is 5.75 Å². The molecule has 2 rings (SSSR count). The molecule has 0 aromatic heterocycles. The molecular weight excluding hydrogens is 248 g/mol. The molecule has 0 radical (unpaired) electrons. The van der Waals surface area contributed by atoms with Gasteiger partial charge in [-0.2, -0.15) is 0 Å².